The molecule has 0 atom stereocenters. The summed E-state index contributed by atoms with van der Waals surface area (Å²) in [6, 6.07) is 13.8. The highest BCUT2D eigenvalue weighted by Crippen LogP contribution is 2.43. The summed E-state index contributed by atoms with van der Waals surface area (Å²) in [6.07, 6.45) is 0. The number of amides is 1. The number of hydrogen-bond donors (Lipinski definition) is 1. The van der Waals surface area contributed by atoms with Crippen molar-refractivity contribution in [2.45, 2.75) is 0 Å². The lowest BCUT2D eigenvalue weighted by molar-refractivity contribution is -0.400. The fourth-order valence-electron chi connectivity index (χ4n) is 2.43. The Morgan fingerprint density at radius 2 is 1.91 bits per heavy atom. The average molecular weight is 331 g/mol. The number of anilines is 1. The van der Waals surface area contributed by atoms with Crippen LogP contribution in [-0.2, 0) is 4.79 Å². The third kappa shape index (κ3) is 2.76. The maximum atomic E-state index is 11.6. The quantitative estimate of drug-likeness (QED) is 0.441. The number of rotatable bonds is 4. The van der Waals surface area contributed by atoms with Gasteiger partial charge < -0.3 is 9.73 Å². The van der Waals surface area contributed by atoms with Crippen LogP contribution < -0.4 is 5.32 Å². The van der Waals surface area contributed by atoms with Gasteiger partial charge in [0.2, 0.25) is 5.91 Å². The third-order valence-corrected chi connectivity index (χ3v) is 3.56. The molecule has 3 aromatic rings. The predicted molar refractivity (Wildman–Crippen MR) is 87.7 cm³/mol. The van der Waals surface area contributed by atoms with Crippen LogP contribution in [0.3, 0.4) is 0 Å². The first-order chi connectivity index (χ1) is 11.1. The van der Waals surface area contributed by atoms with Crippen molar-refractivity contribution in [1.82, 2.24) is 0 Å². The molecule has 7 heteroatoms. The number of fused-ring (bicyclic) bond motifs is 1. The molecule has 0 bridgehead atoms. The number of benzene rings is 2. The molecule has 23 heavy (non-hydrogen) atoms. The van der Waals surface area contributed by atoms with Gasteiger partial charge in [0.05, 0.1) is 11.1 Å². The summed E-state index contributed by atoms with van der Waals surface area (Å²) in [5, 5.41) is 14.5. The van der Waals surface area contributed by atoms with Crippen molar-refractivity contribution >= 4 is 40.0 Å². The van der Waals surface area contributed by atoms with Crippen molar-refractivity contribution in [3.05, 3.63) is 58.6 Å². The van der Waals surface area contributed by atoms with E-state index in [1.165, 1.54) is 0 Å². The molecular formula is C16H11ClN2O4. The van der Waals surface area contributed by atoms with Crippen molar-refractivity contribution in [2.75, 3.05) is 11.2 Å². The van der Waals surface area contributed by atoms with Crippen LogP contribution in [-0.4, -0.2) is 16.7 Å². The van der Waals surface area contributed by atoms with E-state index in [2.05, 4.69) is 5.32 Å². The van der Waals surface area contributed by atoms with E-state index < -0.39 is 10.8 Å². The zero-order valence-electron chi connectivity index (χ0n) is 11.8. The molecule has 0 aliphatic heterocycles. The maximum absolute atomic E-state index is 11.6. The van der Waals surface area contributed by atoms with Crippen LogP contribution in [0.25, 0.3) is 22.1 Å². The minimum absolute atomic E-state index is 0.211. The molecule has 0 unspecified atom stereocenters. The molecule has 1 N–H and O–H groups in total. The lowest BCUT2D eigenvalue weighted by Gasteiger charge is -2.06. The predicted octanol–water partition coefficient (Wildman–Crippen LogP) is 4.19. The van der Waals surface area contributed by atoms with E-state index in [9.17, 15) is 14.9 Å². The van der Waals surface area contributed by atoms with Crippen LogP contribution in [0.1, 0.15) is 0 Å². The summed E-state index contributed by atoms with van der Waals surface area (Å²) < 4.78 is 5.39. The van der Waals surface area contributed by atoms with Gasteiger partial charge in [0.1, 0.15) is 21.9 Å². The van der Waals surface area contributed by atoms with Gasteiger partial charge in [-0.25, -0.2) is 0 Å². The van der Waals surface area contributed by atoms with Gasteiger partial charge >= 0.3 is 5.88 Å². The van der Waals surface area contributed by atoms with Gasteiger partial charge in [-0.3, -0.25) is 14.9 Å². The molecule has 0 saturated heterocycles. The summed E-state index contributed by atoms with van der Waals surface area (Å²) in [7, 11) is 0. The van der Waals surface area contributed by atoms with E-state index in [0.29, 0.717) is 27.8 Å². The Kier molecular flexibility index (Phi) is 3.99. The van der Waals surface area contributed by atoms with Gasteiger partial charge in [-0.2, -0.15) is 0 Å². The molecular weight excluding hydrogens is 320 g/mol. The molecule has 1 heterocycles. The molecule has 1 aromatic heterocycles. The number of nitrogens with zero attached hydrogens (tertiary/aromatic N) is 1. The first-order valence-electron chi connectivity index (χ1n) is 6.73. The lowest BCUT2D eigenvalue weighted by Crippen LogP contribution is -2.12. The number of hydrogen-bond acceptors (Lipinski definition) is 4. The fraction of sp³-hybridized carbons (Fsp3) is 0.0625. The molecule has 116 valence electrons. The highest BCUT2D eigenvalue weighted by Gasteiger charge is 2.27. The molecule has 0 saturated carbocycles. The largest absolute Gasteiger partial charge is 0.442 e. The van der Waals surface area contributed by atoms with Crippen molar-refractivity contribution in [1.29, 1.82) is 0 Å². The Bertz CT molecular complexity index is 890. The summed E-state index contributed by atoms with van der Waals surface area (Å²) in [4.78, 5) is 22.4. The highest BCUT2D eigenvalue weighted by molar-refractivity contribution is 6.29. The van der Waals surface area contributed by atoms with E-state index in [-0.39, 0.29) is 11.8 Å². The van der Waals surface area contributed by atoms with Gasteiger partial charge in [0.25, 0.3) is 0 Å². The van der Waals surface area contributed by atoms with Crippen LogP contribution in [0.4, 0.5) is 11.6 Å². The smallest absolute Gasteiger partial charge is 0.400 e. The summed E-state index contributed by atoms with van der Waals surface area (Å²) >= 11 is 5.52. The molecule has 0 radical (unpaired) electrons. The standard InChI is InChI=1S/C16H11ClN2O4/c17-9-13(20)18-11-7-4-8-12-15(11)14(16(23-12)19(21)22)10-5-2-1-3-6-10/h1-8H,9H2,(H,18,20). The van der Waals surface area contributed by atoms with Crippen LogP contribution in [0, 0.1) is 10.1 Å². The second-order valence-electron chi connectivity index (χ2n) is 4.77. The van der Waals surface area contributed by atoms with Crippen molar-refractivity contribution in [3.63, 3.8) is 0 Å². The van der Waals surface area contributed by atoms with Crippen LogP contribution in [0.5, 0.6) is 0 Å². The van der Waals surface area contributed by atoms with Gasteiger partial charge in [0.15, 0.2) is 0 Å². The summed E-state index contributed by atoms with van der Waals surface area (Å²) in [5.41, 5.74) is 1.70. The number of halogens is 1. The van der Waals surface area contributed by atoms with Gasteiger partial charge in [-0.05, 0) is 17.7 Å². The minimum atomic E-state index is -0.574. The van der Waals surface area contributed by atoms with Gasteiger partial charge in [0, 0.05) is 0 Å². The SMILES string of the molecule is O=C(CCl)Nc1cccc2oc([N+](=O)[O-])c(-c3ccccc3)c12. The number of furan rings is 1. The van der Waals surface area contributed by atoms with Crippen molar-refractivity contribution in [3.8, 4) is 11.1 Å². The van der Waals surface area contributed by atoms with E-state index in [1.54, 1.807) is 42.5 Å². The van der Waals surface area contributed by atoms with Crippen LogP contribution in [0.15, 0.2) is 52.9 Å². The molecule has 0 aliphatic rings. The van der Waals surface area contributed by atoms with E-state index in [0.717, 1.165) is 0 Å². The first kappa shape index (κ1) is 15.1. The van der Waals surface area contributed by atoms with Crippen LogP contribution >= 0.6 is 11.6 Å². The second-order valence-corrected chi connectivity index (χ2v) is 5.03. The van der Waals surface area contributed by atoms with Gasteiger partial charge in [-0.15, -0.1) is 11.6 Å². The Labute approximate surface area is 135 Å². The number of nitrogens with one attached hydrogen (secondary N) is 1. The number of carbonyl (C=O) groups excluding carboxylic acids is 1. The Morgan fingerprint density at radius 3 is 2.57 bits per heavy atom. The maximum Gasteiger partial charge on any atom is 0.442 e. The topological polar surface area (TPSA) is 85.4 Å². The van der Waals surface area contributed by atoms with Crippen LogP contribution in [0.2, 0.25) is 0 Å². The van der Waals surface area contributed by atoms with E-state index in [1.807, 2.05) is 6.07 Å². The fourth-order valence-corrected chi connectivity index (χ4v) is 2.49. The first-order valence-corrected chi connectivity index (χ1v) is 7.26. The summed E-state index contributed by atoms with van der Waals surface area (Å²) in [5.74, 6) is -0.974. The molecule has 1 amide bonds. The highest BCUT2D eigenvalue weighted by atomic mass is 35.5. The summed E-state index contributed by atoms with van der Waals surface area (Å²) in [6.45, 7) is 0. The van der Waals surface area contributed by atoms with E-state index >= 15 is 0 Å². The zero-order valence-corrected chi connectivity index (χ0v) is 12.5. The lowest BCUT2D eigenvalue weighted by atomic mass is 10.0. The molecule has 3 rings (SSSR count). The molecule has 0 fully saturated rings. The monoisotopic (exact) mass is 330 g/mol. The van der Waals surface area contributed by atoms with E-state index in [4.69, 9.17) is 16.0 Å². The number of nitro groups is 1. The Morgan fingerprint density at radius 1 is 1.17 bits per heavy atom. The van der Waals surface area contributed by atoms with Crippen molar-refractivity contribution < 1.29 is 14.1 Å². The second kappa shape index (κ2) is 6.10. The Hall–Kier alpha value is -2.86. The van der Waals surface area contributed by atoms with Gasteiger partial charge in [-0.1, -0.05) is 36.4 Å². The number of alkyl halides is 1. The molecule has 0 spiro atoms. The van der Waals surface area contributed by atoms with Crippen molar-refractivity contribution in [2.24, 2.45) is 0 Å². The Balaban J connectivity index is 2.32. The zero-order chi connectivity index (χ0) is 16.4. The molecule has 0 aliphatic carbocycles. The average Bonchev–Trinajstić information content (AvgIpc) is 2.96. The molecule has 2 aromatic carbocycles. The number of carbonyl (C=O) groups is 1. The third-order valence-electron chi connectivity index (χ3n) is 3.32. The normalized spacial score (nSPS) is 10.7. The minimum Gasteiger partial charge on any atom is -0.400 e. The molecule has 6 nitrogen and oxygen atoms in total.